The molecule has 0 bridgehead atoms. The van der Waals surface area contributed by atoms with Gasteiger partial charge in [-0.25, -0.2) is 5.43 Å². The van der Waals surface area contributed by atoms with E-state index in [9.17, 15) is 18.0 Å². The molecule has 0 radical (unpaired) electrons. The molecule has 0 spiro atoms. The summed E-state index contributed by atoms with van der Waals surface area (Å²) in [5.41, 5.74) is 3.56. The lowest BCUT2D eigenvalue weighted by molar-refractivity contribution is -0.137. The third kappa shape index (κ3) is 5.31. The summed E-state index contributed by atoms with van der Waals surface area (Å²) in [5.74, 6) is 0.441. The molecule has 0 saturated heterocycles. The molecular formula is C24H19F3N2O2. The second-order valence-electron chi connectivity index (χ2n) is 7.29. The maximum Gasteiger partial charge on any atom is 0.416 e. The normalized spacial score (nSPS) is 18.0. The molecule has 1 saturated carbocycles. The standard InChI is InChI=1S/C24H19F3N2O2/c25-24(26,27)18-9-5-11-20(13-18)31-19-10-4-6-16(12-19)15-28-29-23(30)22-14-21(22)17-7-2-1-3-8-17/h1-13,15,21-22H,14H2,(H,29,30)/b28-15+. The number of nitrogens with one attached hydrogen (secondary N) is 1. The van der Waals surface area contributed by atoms with Gasteiger partial charge in [-0.15, -0.1) is 0 Å². The van der Waals surface area contributed by atoms with Crippen molar-refractivity contribution >= 4 is 12.1 Å². The number of carbonyl (C=O) groups excluding carboxylic acids is 1. The highest BCUT2D eigenvalue weighted by atomic mass is 19.4. The van der Waals surface area contributed by atoms with Gasteiger partial charge in [-0.2, -0.15) is 18.3 Å². The van der Waals surface area contributed by atoms with Crippen molar-refractivity contribution in [3.05, 3.63) is 95.6 Å². The van der Waals surface area contributed by atoms with Crippen LogP contribution in [0.25, 0.3) is 0 Å². The topological polar surface area (TPSA) is 50.7 Å². The van der Waals surface area contributed by atoms with Crippen LogP contribution in [0.3, 0.4) is 0 Å². The Morgan fingerprint density at radius 3 is 2.42 bits per heavy atom. The van der Waals surface area contributed by atoms with Gasteiger partial charge in [0.15, 0.2) is 0 Å². The van der Waals surface area contributed by atoms with Crippen LogP contribution in [-0.4, -0.2) is 12.1 Å². The Morgan fingerprint density at radius 2 is 1.68 bits per heavy atom. The molecule has 2 unspecified atom stereocenters. The largest absolute Gasteiger partial charge is 0.457 e. The molecule has 7 heteroatoms. The Morgan fingerprint density at radius 1 is 0.968 bits per heavy atom. The molecule has 1 fully saturated rings. The minimum atomic E-state index is -4.44. The predicted octanol–water partition coefficient (Wildman–Crippen LogP) is 5.75. The molecule has 1 N–H and O–H groups in total. The summed E-state index contributed by atoms with van der Waals surface area (Å²) in [6, 6.07) is 21.2. The van der Waals surface area contributed by atoms with Crippen molar-refractivity contribution in [2.75, 3.05) is 0 Å². The zero-order valence-electron chi connectivity index (χ0n) is 16.3. The van der Waals surface area contributed by atoms with Crippen LogP contribution < -0.4 is 10.2 Å². The molecule has 3 aromatic carbocycles. The van der Waals surface area contributed by atoms with Crippen LogP contribution >= 0.6 is 0 Å². The molecule has 1 aliphatic carbocycles. The van der Waals surface area contributed by atoms with Gasteiger partial charge >= 0.3 is 6.18 Å². The molecule has 4 nitrogen and oxygen atoms in total. The van der Waals surface area contributed by atoms with E-state index in [4.69, 9.17) is 4.74 Å². The third-order valence-electron chi connectivity index (χ3n) is 5.00. The molecule has 158 valence electrons. The molecule has 4 rings (SSSR count). The number of amides is 1. The van der Waals surface area contributed by atoms with Crippen LogP contribution in [0, 0.1) is 5.92 Å². The Kier molecular flexibility index (Phi) is 5.75. The van der Waals surface area contributed by atoms with Crippen LogP contribution in [0.15, 0.2) is 84.0 Å². The second-order valence-corrected chi connectivity index (χ2v) is 7.29. The molecule has 0 heterocycles. The lowest BCUT2D eigenvalue weighted by atomic mass is 10.1. The van der Waals surface area contributed by atoms with E-state index in [1.165, 1.54) is 18.3 Å². The number of rotatable bonds is 6. The Bertz CT molecular complexity index is 1100. The number of alkyl halides is 3. The highest BCUT2D eigenvalue weighted by Gasteiger charge is 2.43. The van der Waals surface area contributed by atoms with Crippen molar-refractivity contribution in [3.8, 4) is 11.5 Å². The molecular weight excluding hydrogens is 405 g/mol. The summed E-state index contributed by atoms with van der Waals surface area (Å²) < 4.78 is 44.1. The van der Waals surface area contributed by atoms with Crippen LogP contribution in [0.5, 0.6) is 11.5 Å². The monoisotopic (exact) mass is 424 g/mol. The van der Waals surface area contributed by atoms with Crippen molar-refractivity contribution in [2.24, 2.45) is 11.0 Å². The van der Waals surface area contributed by atoms with Crippen molar-refractivity contribution in [3.63, 3.8) is 0 Å². The van der Waals surface area contributed by atoms with E-state index in [1.807, 2.05) is 30.3 Å². The maximum atomic E-state index is 12.8. The van der Waals surface area contributed by atoms with Crippen molar-refractivity contribution in [1.82, 2.24) is 5.43 Å². The molecule has 0 aromatic heterocycles. The van der Waals surface area contributed by atoms with Gasteiger partial charge in [0.1, 0.15) is 11.5 Å². The summed E-state index contributed by atoms with van der Waals surface area (Å²) >= 11 is 0. The Labute approximate surface area is 177 Å². The van der Waals surface area contributed by atoms with E-state index < -0.39 is 11.7 Å². The number of benzene rings is 3. The molecule has 2 atom stereocenters. The van der Waals surface area contributed by atoms with Crippen molar-refractivity contribution in [2.45, 2.75) is 18.5 Å². The van der Waals surface area contributed by atoms with E-state index in [2.05, 4.69) is 10.5 Å². The number of hydrogen-bond acceptors (Lipinski definition) is 3. The molecule has 0 aliphatic heterocycles. The molecule has 3 aromatic rings. The third-order valence-corrected chi connectivity index (χ3v) is 5.00. The number of ether oxygens (including phenoxy) is 1. The van der Waals surface area contributed by atoms with Crippen molar-refractivity contribution < 1.29 is 22.7 Å². The lowest BCUT2D eigenvalue weighted by Crippen LogP contribution is -2.20. The summed E-state index contributed by atoms with van der Waals surface area (Å²) in [6.45, 7) is 0. The van der Waals surface area contributed by atoms with E-state index in [-0.39, 0.29) is 23.5 Å². The minimum absolute atomic E-state index is 0.0814. The first-order chi connectivity index (χ1) is 14.9. The number of halogens is 3. The molecule has 1 aliphatic rings. The van der Waals surface area contributed by atoms with Crippen LogP contribution in [0.1, 0.15) is 29.0 Å². The van der Waals surface area contributed by atoms with Gasteiger partial charge in [0.05, 0.1) is 11.8 Å². The van der Waals surface area contributed by atoms with E-state index >= 15 is 0 Å². The maximum absolute atomic E-state index is 12.8. The number of carbonyl (C=O) groups is 1. The SMILES string of the molecule is O=C(N/N=C/c1cccc(Oc2cccc(C(F)(F)F)c2)c1)C1CC1c1ccccc1. The van der Waals surface area contributed by atoms with Gasteiger partial charge in [0.2, 0.25) is 5.91 Å². The number of hydrogen-bond donors (Lipinski definition) is 1. The van der Waals surface area contributed by atoms with Gasteiger partial charge in [-0.1, -0.05) is 48.5 Å². The predicted molar refractivity (Wildman–Crippen MR) is 111 cm³/mol. The summed E-state index contributed by atoms with van der Waals surface area (Å²) in [6.07, 6.45) is -2.17. The van der Waals surface area contributed by atoms with E-state index in [0.717, 1.165) is 24.1 Å². The molecule has 31 heavy (non-hydrogen) atoms. The van der Waals surface area contributed by atoms with Gasteiger partial charge in [0.25, 0.3) is 0 Å². The first-order valence-electron chi connectivity index (χ1n) is 9.73. The Balaban J connectivity index is 1.35. The fourth-order valence-electron chi connectivity index (χ4n) is 3.34. The smallest absolute Gasteiger partial charge is 0.416 e. The summed E-state index contributed by atoms with van der Waals surface area (Å²) in [7, 11) is 0. The summed E-state index contributed by atoms with van der Waals surface area (Å²) in [5, 5.41) is 4.00. The average molecular weight is 424 g/mol. The second kappa shape index (κ2) is 8.63. The van der Waals surface area contributed by atoms with Crippen LogP contribution in [0.2, 0.25) is 0 Å². The van der Waals surface area contributed by atoms with Gasteiger partial charge < -0.3 is 4.74 Å². The number of hydrazone groups is 1. The highest BCUT2D eigenvalue weighted by molar-refractivity contribution is 5.85. The quantitative estimate of drug-likeness (QED) is 0.405. The first-order valence-corrected chi connectivity index (χ1v) is 9.73. The minimum Gasteiger partial charge on any atom is -0.457 e. The zero-order chi connectivity index (χ0) is 21.8. The van der Waals surface area contributed by atoms with Gasteiger partial charge in [-0.05, 0) is 53.8 Å². The van der Waals surface area contributed by atoms with Crippen LogP contribution in [0.4, 0.5) is 13.2 Å². The fourth-order valence-corrected chi connectivity index (χ4v) is 3.34. The zero-order valence-corrected chi connectivity index (χ0v) is 16.3. The van der Waals surface area contributed by atoms with E-state index in [0.29, 0.717) is 11.3 Å². The van der Waals surface area contributed by atoms with Crippen molar-refractivity contribution in [1.29, 1.82) is 0 Å². The number of nitrogens with zero attached hydrogens (tertiary/aromatic N) is 1. The first kappa shape index (κ1) is 20.7. The van der Waals surface area contributed by atoms with Crippen LogP contribution in [-0.2, 0) is 11.0 Å². The highest BCUT2D eigenvalue weighted by Crippen LogP contribution is 2.47. The van der Waals surface area contributed by atoms with E-state index in [1.54, 1.807) is 24.3 Å². The average Bonchev–Trinajstić information content (AvgIpc) is 3.55. The van der Waals surface area contributed by atoms with Gasteiger partial charge in [-0.3, -0.25) is 4.79 Å². The fraction of sp³-hybridized carbons (Fsp3) is 0.167. The molecule has 1 amide bonds. The lowest BCUT2D eigenvalue weighted by Gasteiger charge is -2.10. The summed E-state index contributed by atoms with van der Waals surface area (Å²) in [4.78, 5) is 12.3. The van der Waals surface area contributed by atoms with Gasteiger partial charge in [0, 0.05) is 5.92 Å². The Hall–Kier alpha value is -3.61.